The van der Waals surface area contributed by atoms with Crippen molar-refractivity contribution in [1.29, 1.82) is 0 Å². The standard InChI is InChI=1S/C31H39BN4O7/c1-19(2)27(30(38)35-26(32(40)41)18-22-10-14-24(43-5)15-11-22)36-29(37)25(17-21-8-12-23(42-4)13-9-21)34-31(39)28-20(3)7-6-16-33-28/h6-16,19,25-27,40-41H,17-18H2,1-5H3,(H,34,39)(H,35,38)(H,36,37)/t25-,26-,27-/m0/s1. The monoisotopic (exact) mass is 590 g/mol. The maximum Gasteiger partial charge on any atom is 0.475 e. The second-order valence-electron chi connectivity index (χ2n) is 10.6. The summed E-state index contributed by atoms with van der Waals surface area (Å²) in [6.07, 6.45) is 1.76. The van der Waals surface area contributed by atoms with Crippen LogP contribution in [0.1, 0.15) is 41.0 Å². The molecule has 0 fully saturated rings. The third kappa shape index (κ3) is 9.55. The average Bonchev–Trinajstić information content (AvgIpc) is 2.99. The maximum atomic E-state index is 13.7. The van der Waals surface area contributed by atoms with Crippen molar-refractivity contribution in [2.75, 3.05) is 14.2 Å². The molecule has 11 nitrogen and oxygen atoms in total. The molecule has 0 aliphatic heterocycles. The number of aryl methyl sites for hydroxylation is 1. The van der Waals surface area contributed by atoms with Crippen LogP contribution in [-0.2, 0) is 22.4 Å². The Morgan fingerprint density at radius 1 is 0.814 bits per heavy atom. The number of methoxy groups -OCH3 is 2. The molecule has 2 aromatic carbocycles. The normalized spacial score (nSPS) is 12.9. The van der Waals surface area contributed by atoms with Gasteiger partial charge in [-0.05, 0) is 66.3 Å². The largest absolute Gasteiger partial charge is 0.497 e. The van der Waals surface area contributed by atoms with E-state index >= 15 is 0 Å². The molecule has 0 saturated carbocycles. The van der Waals surface area contributed by atoms with Gasteiger partial charge in [0.2, 0.25) is 11.8 Å². The zero-order valence-corrected chi connectivity index (χ0v) is 25.0. The quantitative estimate of drug-likeness (QED) is 0.177. The summed E-state index contributed by atoms with van der Waals surface area (Å²) in [5, 5.41) is 28.2. The van der Waals surface area contributed by atoms with Crippen LogP contribution in [0.2, 0.25) is 0 Å². The molecule has 3 aromatic rings. The highest BCUT2D eigenvalue weighted by Gasteiger charge is 2.33. The smallest absolute Gasteiger partial charge is 0.475 e. The molecule has 0 unspecified atom stereocenters. The molecule has 3 rings (SSSR count). The summed E-state index contributed by atoms with van der Waals surface area (Å²) in [6, 6.07) is 15.5. The van der Waals surface area contributed by atoms with E-state index in [-0.39, 0.29) is 24.5 Å². The highest BCUT2D eigenvalue weighted by Crippen LogP contribution is 2.15. The Morgan fingerprint density at radius 2 is 1.37 bits per heavy atom. The molecule has 3 atom stereocenters. The summed E-state index contributed by atoms with van der Waals surface area (Å²) >= 11 is 0. The summed E-state index contributed by atoms with van der Waals surface area (Å²) in [5.74, 6) is -1.82. The number of nitrogens with one attached hydrogen (secondary N) is 3. The Balaban J connectivity index is 1.79. The van der Waals surface area contributed by atoms with Crippen molar-refractivity contribution in [3.63, 3.8) is 0 Å². The molecule has 3 amide bonds. The van der Waals surface area contributed by atoms with Crippen molar-refractivity contribution in [1.82, 2.24) is 20.9 Å². The van der Waals surface area contributed by atoms with Crippen LogP contribution in [0.4, 0.5) is 0 Å². The molecule has 1 aromatic heterocycles. The van der Waals surface area contributed by atoms with E-state index in [9.17, 15) is 24.4 Å². The Morgan fingerprint density at radius 3 is 1.86 bits per heavy atom. The van der Waals surface area contributed by atoms with Gasteiger partial charge < -0.3 is 35.5 Å². The number of aromatic nitrogens is 1. The number of nitrogens with zero attached hydrogens (tertiary/aromatic N) is 1. The van der Waals surface area contributed by atoms with Crippen molar-refractivity contribution in [3.05, 3.63) is 89.2 Å². The molecular weight excluding hydrogens is 551 g/mol. The molecule has 12 heteroatoms. The van der Waals surface area contributed by atoms with Gasteiger partial charge in [0.05, 0.1) is 20.2 Å². The van der Waals surface area contributed by atoms with Gasteiger partial charge in [-0.3, -0.25) is 19.4 Å². The van der Waals surface area contributed by atoms with Gasteiger partial charge in [0, 0.05) is 12.6 Å². The first kappa shape index (κ1) is 33.1. The number of hydrogen-bond donors (Lipinski definition) is 5. The van der Waals surface area contributed by atoms with Crippen LogP contribution in [0, 0.1) is 12.8 Å². The fourth-order valence-corrected chi connectivity index (χ4v) is 4.46. The number of rotatable bonds is 14. The summed E-state index contributed by atoms with van der Waals surface area (Å²) < 4.78 is 10.4. The third-order valence-corrected chi connectivity index (χ3v) is 6.99. The minimum absolute atomic E-state index is 0.131. The molecular formula is C31H39BN4O7. The van der Waals surface area contributed by atoms with Crippen LogP contribution < -0.4 is 25.4 Å². The molecule has 228 valence electrons. The molecule has 0 saturated heterocycles. The van der Waals surface area contributed by atoms with Gasteiger partial charge in [0.15, 0.2) is 0 Å². The second kappa shape index (κ2) is 15.7. The van der Waals surface area contributed by atoms with E-state index in [1.807, 2.05) is 0 Å². The van der Waals surface area contributed by atoms with E-state index < -0.39 is 42.9 Å². The van der Waals surface area contributed by atoms with E-state index in [1.54, 1.807) is 95.7 Å². The van der Waals surface area contributed by atoms with Crippen molar-refractivity contribution in [2.45, 2.75) is 51.6 Å². The number of carbonyl (C=O) groups is 3. The van der Waals surface area contributed by atoms with Crippen LogP contribution in [0.25, 0.3) is 0 Å². The van der Waals surface area contributed by atoms with Crippen LogP contribution in [0.5, 0.6) is 11.5 Å². The number of benzene rings is 2. The topological polar surface area (TPSA) is 159 Å². The average molecular weight is 590 g/mol. The van der Waals surface area contributed by atoms with Crippen LogP contribution in [0.3, 0.4) is 0 Å². The lowest BCUT2D eigenvalue weighted by Crippen LogP contribution is -2.59. The molecule has 5 N–H and O–H groups in total. The van der Waals surface area contributed by atoms with Gasteiger partial charge in [-0.1, -0.05) is 44.2 Å². The maximum absolute atomic E-state index is 13.7. The summed E-state index contributed by atoms with van der Waals surface area (Å²) in [5.41, 5.74) is 2.34. The van der Waals surface area contributed by atoms with E-state index in [2.05, 4.69) is 20.9 Å². The first-order valence-electron chi connectivity index (χ1n) is 14.0. The van der Waals surface area contributed by atoms with Crippen LogP contribution >= 0.6 is 0 Å². The first-order chi connectivity index (χ1) is 20.5. The van der Waals surface area contributed by atoms with Crippen molar-refractivity contribution >= 4 is 24.8 Å². The van der Waals surface area contributed by atoms with Crippen molar-refractivity contribution in [2.24, 2.45) is 5.92 Å². The third-order valence-electron chi connectivity index (χ3n) is 6.99. The molecule has 0 aliphatic rings. The predicted molar refractivity (Wildman–Crippen MR) is 163 cm³/mol. The molecule has 43 heavy (non-hydrogen) atoms. The zero-order chi connectivity index (χ0) is 31.5. The van der Waals surface area contributed by atoms with E-state index in [1.165, 1.54) is 6.20 Å². The Bertz CT molecular complexity index is 1370. The van der Waals surface area contributed by atoms with Gasteiger partial charge >= 0.3 is 7.12 Å². The molecule has 1 heterocycles. The lowest BCUT2D eigenvalue weighted by Gasteiger charge is -2.27. The number of ether oxygens (including phenoxy) is 2. The second-order valence-corrected chi connectivity index (χ2v) is 10.6. The fourth-order valence-electron chi connectivity index (χ4n) is 4.46. The number of amides is 3. The van der Waals surface area contributed by atoms with E-state index in [0.717, 1.165) is 11.1 Å². The van der Waals surface area contributed by atoms with Gasteiger partial charge in [0.1, 0.15) is 29.3 Å². The summed E-state index contributed by atoms with van der Waals surface area (Å²) in [6.45, 7) is 5.26. The summed E-state index contributed by atoms with van der Waals surface area (Å²) in [7, 11) is 1.25. The van der Waals surface area contributed by atoms with Gasteiger partial charge in [-0.25, -0.2) is 0 Å². The lowest BCUT2D eigenvalue weighted by molar-refractivity contribution is -0.131. The number of pyridine rings is 1. The Labute approximate surface area is 252 Å². The van der Waals surface area contributed by atoms with Crippen LogP contribution in [0.15, 0.2) is 66.9 Å². The highest BCUT2D eigenvalue weighted by molar-refractivity contribution is 6.43. The minimum Gasteiger partial charge on any atom is -0.497 e. The molecule has 0 spiro atoms. The first-order valence-corrected chi connectivity index (χ1v) is 14.0. The summed E-state index contributed by atoms with van der Waals surface area (Å²) in [4.78, 5) is 44.3. The molecule has 0 aliphatic carbocycles. The lowest BCUT2D eigenvalue weighted by atomic mass is 9.75. The Kier molecular flexibility index (Phi) is 12.1. The number of carbonyl (C=O) groups excluding carboxylic acids is 3. The van der Waals surface area contributed by atoms with Gasteiger partial charge in [0.25, 0.3) is 5.91 Å². The molecule has 0 bridgehead atoms. The minimum atomic E-state index is -1.85. The van der Waals surface area contributed by atoms with Gasteiger partial charge in [-0.2, -0.15) is 0 Å². The zero-order valence-electron chi connectivity index (χ0n) is 25.0. The van der Waals surface area contributed by atoms with Crippen molar-refractivity contribution in [3.8, 4) is 11.5 Å². The van der Waals surface area contributed by atoms with E-state index in [4.69, 9.17) is 9.47 Å². The SMILES string of the molecule is COc1ccc(C[C@H](NC(=O)[C@@H](NC(=O)[C@H](Cc2ccc(OC)cc2)NC(=O)c2ncccc2C)C(C)C)B(O)O)cc1. The highest BCUT2D eigenvalue weighted by atomic mass is 16.5. The number of hydrogen-bond acceptors (Lipinski definition) is 8. The van der Waals surface area contributed by atoms with Gasteiger partial charge in [-0.15, -0.1) is 0 Å². The predicted octanol–water partition coefficient (Wildman–Crippen LogP) is 1.63. The van der Waals surface area contributed by atoms with Crippen LogP contribution in [-0.4, -0.2) is 72.1 Å². The Hall–Kier alpha value is -4.42. The fraction of sp³-hybridized carbons (Fsp3) is 0.355. The van der Waals surface area contributed by atoms with E-state index in [0.29, 0.717) is 17.1 Å². The van der Waals surface area contributed by atoms with Crippen molar-refractivity contribution < 1.29 is 33.9 Å². The molecule has 0 radical (unpaired) electrons.